The molecule has 1 aromatic carbocycles. The predicted molar refractivity (Wildman–Crippen MR) is 99.0 cm³/mol. The third kappa shape index (κ3) is 3.00. The van der Waals surface area contributed by atoms with Crippen LogP contribution in [0.1, 0.15) is 53.6 Å². The molecule has 2 fully saturated rings. The van der Waals surface area contributed by atoms with E-state index in [1.54, 1.807) is 0 Å². The van der Waals surface area contributed by atoms with Gasteiger partial charge in [-0.05, 0) is 49.8 Å². The summed E-state index contributed by atoms with van der Waals surface area (Å²) in [4.78, 5) is 22.9. The van der Waals surface area contributed by atoms with Gasteiger partial charge in [-0.25, -0.2) is 4.98 Å². The molecular weight excluding hydrogens is 326 g/mol. The molecule has 0 spiro atoms. The molecule has 0 unspecified atom stereocenters. The van der Waals surface area contributed by atoms with Crippen molar-refractivity contribution in [3.05, 3.63) is 47.5 Å². The van der Waals surface area contributed by atoms with Crippen molar-refractivity contribution >= 4 is 16.9 Å². The highest BCUT2D eigenvalue weighted by atomic mass is 16.2. The van der Waals surface area contributed by atoms with Crippen LogP contribution in [0.15, 0.2) is 30.3 Å². The van der Waals surface area contributed by atoms with E-state index in [-0.39, 0.29) is 5.91 Å². The number of likely N-dealkylation sites (tertiary alicyclic amines) is 1. The fourth-order valence-electron chi connectivity index (χ4n) is 4.00. The molecule has 1 amide bonds. The summed E-state index contributed by atoms with van der Waals surface area (Å²) in [5.74, 6) is 2.10. The Labute approximate surface area is 152 Å². The number of carbonyl (C=O) groups is 1. The number of carbonyl (C=O) groups excluding carboxylic acids is 1. The van der Waals surface area contributed by atoms with E-state index >= 15 is 0 Å². The number of rotatable bonds is 4. The van der Waals surface area contributed by atoms with Gasteiger partial charge in [-0.2, -0.15) is 5.10 Å². The van der Waals surface area contributed by atoms with Crippen LogP contribution in [0.25, 0.3) is 11.0 Å². The molecule has 0 radical (unpaired) electrons. The molecule has 1 saturated heterocycles. The summed E-state index contributed by atoms with van der Waals surface area (Å²) in [5.41, 5.74) is 3.77. The zero-order valence-electron chi connectivity index (χ0n) is 14.7. The van der Waals surface area contributed by atoms with E-state index in [1.165, 1.54) is 12.8 Å². The Kier molecular flexibility index (Phi) is 3.76. The number of fused-ring (bicyclic) bond motifs is 1. The highest BCUT2D eigenvalue weighted by Gasteiger charge is 2.29. The van der Waals surface area contributed by atoms with Gasteiger partial charge in [0.15, 0.2) is 0 Å². The van der Waals surface area contributed by atoms with Crippen molar-refractivity contribution in [3.8, 4) is 0 Å². The minimum absolute atomic E-state index is 0.0578. The highest BCUT2D eigenvalue weighted by Crippen LogP contribution is 2.39. The summed E-state index contributed by atoms with van der Waals surface area (Å²) in [6, 6.07) is 10.1. The first-order valence-corrected chi connectivity index (χ1v) is 9.54. The number of amides is 1. The molecule has 2 N–H and O–H groups in total. The van der Waals surface area contributed by atoms with Gasteiger partial charge in [-0.1, -0.05) is 12.1 Å². The second-order valence-electron chi connectivity index (χ2n) is 7.65. The van der Waals surface area contributed by atoms with E-state index < -0.39 is 0 Å². The molecule has 1 saturated carbocycles. The molecule has 1 atom stereocenters. The summed E-state index contributed by atoms with van der Waals surface area (Å²) in [6.07, 6.45) is 5.47. The summed E-state index contributed by atoms with van der Waals surface area (Å²) in [5, 5.41) is 7.30. The van der Waals surface area contributed by atoms with Gasteiger partial charge in [0.05, 0.1) is 11.0 Å². The van der Waals surface area contributed by atoms with E-state index in [4.69, 9.17) is 0 Å². The number of hydrogen-bond donors (Lipinski definition) is 2. The van der Waals surface area contributed by atoms with Crippen molar-refractivity contribution in [2.45, 2.75) is 38.0 Å². The molecule has 3 heterocycles. The largest absolute Gasteiger partial charge is 0.342 e. The van der Waals surface area contributed by atoms with Crippen LogP contribution in [0.4, 0.5) is 0 Å². The van der Waals surface area contributed by atoms with Gasteiger partial charge in [0.25, 0.3) is 5.91 Å². The first-order valence-electron chi connectivity index (χ1n) is 9.54. The lowest BCUT2D eigenvalue weighted by molar-refractivity contribution is 0.0666. The van der Waals surface area contributed by atoms with Gasteiger partial charge >= 0.3 is 0 Å². The normalized spacial score (nSPS) is 20.6. The fraction of sp³-hybridized carbons (Fsp3) is 0.450. The third-order valence-electron chi connectivity index (χ3n) is 5.56. The van der Waals surface area contributed by atoms with Crippen LogP contribution >= 0.6 is 0 Å². The Morgan fingerprint density at radius 3 is 2.96 bits per heavy atom. The van der Waals surface area contributed by atoms with Crippen molar-refractivity contribution in [1.29, 1.82) is 0 Å². The van der Waals surface area contributed by atoms with Crippen LogP contribution in [0, 0.1) is 5.92 Å². The number of hydrogen-bond acceptors (Lipinski definition) is 3. The lowest BCUT2D eigenvalue weighted by atomic mass is 9.94. The molecule has 2 aromatic heterocycles. The molecule has 5 rings (SSSR count). The van der Waals surface area contributed by atoms with Crippen molar-refractivity contribution in [3.63, 3.8) is 0 Å². The van der Waals surface area contributed by atoms with E-state index in [1.807, 2.05) is 29.2 Å². The minimum Gasteiger partial charge on any atom is -0.342 e. The second kappa shape index (κ2) is 6.27. The molecule has 6 heteroatoms. The van der Waals surface area contributed by atoms with Crippen LogP contribution in [-0.2, 0) is 6.42 Å². The molecule has 3 aromatic rings. The molecule has 6 nitrogen and oxygen atoms in total. The number of para-hydroxylation sites is 2. The monoisotopic (exact) mass is 349 g/mol. The molecule has 1 aliphatic carbocycles. The zero-order chi connectivity index (χ0) is 17.5. The summed E-state index contributed by atoms with van der Waals surface area (Å²) >= 11 is 0. The molecule has 1 aliphatic heterocycles. The number of piperidine rings is 1. The Balaban J connectivity index is 1.27. The summed E-state index contributed by atoms with van der Waals surface area (Å²) < 4.78 is 0. The first kappa shape index (κ1) is 15.6. The second-order valence-corrected chi connectivity index (χ2v) is 7.65. The molecule has 26 heavy (non-hydrogen) atoms. The summed E-state index contributed by atoms with van der Waals surface area (Å²) in [7, 11) is 0. The SMILES string of the molecule is O=C(c1cc(C2CC2)[nH]n1)N1CCC[C@@H](Cc2nc3ccccc3[nH]2)C1. The number of benzene rings is 1. The topological polar surface area (TPSA) is 77.7 Å². The van der Waals surface area contributed by atoms with Crippen LogP contribution in [0.5, 0.6) is 0 Å². The number of imidazole rings is 1. The maximum atomic E-state index is 12.8. The van der Waals surface area contributed by atoms with Crippen molar-refractivity contribution < 1.29 is 4.79 Å². The van der Waals surface area contributed by atoms with Crippen molar-refractivity contribution in [2.75, 3.05) is 13.1 Å². The van der Waals surface area contributed by atoms with Gasteiger partial charge in [0.2, 0.25) is 0 Å². The van der Waals surface area contributed by atoms with Gasteiger partial charge in [-0.3, -0.25) is 9.89 Å². The fourth-order valence-corrected chi connectivity index (χ4v) is 4.00. The number of aromatic nitrogens is 4. The molecular formula is C20H23N5O. The number of nitrogens with one attached hydrogen (secondary N) is 2. The van der Waals surface area contributed by atoms with Crippen molar-refractivity contribution in [2.24, 2.45) is 5.92 Å². The van der Waals surface area contributed by atoms with E-state index in [0.717, 1.165) is 54.9 Å². The van der Waals surface area contributed by atoms with Gasteiger partial charge < -0.3 is 9.88 Å². The van der Waals surface area contributed by atoms with E-state index in [9.17, 15) is 4.79 Å². The lowest BCUT2D eigenvalue weighted by Gasteiger charge is -2.32. The smallest absolute Gasteiger partial charge is 0.274 e. The lowest BCUT2D eigenvalue weighted by Crippen LogP contribution is -2.40. The number of H-pyrrole nitrogens is 2. The number of nitrogens with zero attached hydrogens (tertiary/aromatic N) is 3. The predicted octanol–water partition coefficient (Wildman–Crippen LogP) is 3.26. The third-order valence-corrected chi connectivity index (χ3v) is 5.56. The number of aromatic amines is 2. The van der Waals surface area contributed by atoms with Gasteiger partial charge in [0, 0.05) is 31.1 Å². The average Bonchev–Trinajstić information content (AvgIpc) is 3.25. The van der Waals surface area contributed by atoms with Crippen LogP contribution in [0.2, 0.25) is 0 Å². The standard InChI is InChI=1S/C20H23N5O/c26-20(18-11-17(23-24-18)14-7-8-14)25-9-3-4-13(12-25)10-19-21-15-5-1-2-6-16(15)22-19/h1-2,5-6,11,13-14H,3-4,7-10,12H2,(H,21,22)(H,23,24)/t13-/m0/s1. The maximum Gasteiger partial charge on any atom is 0.274 e. The molecule has 134 valence electrons. The first-order chi connectivity index (χ1) is 12.8. The zero-order valence-corrected chi connectivity index (χ0v) is 14.7. The minimum atomic E-state index is 0.0578. The van der Waals surface area contributed by atoms with Crippen LogP contribution in [0.3, 0.4) is 0 Å². The van der Waals surface area contributed by atoms with Gasteiger partial charge in [0.1, 0.15) is 11.5 Å². The Morgan fingerprint density at radius 1 is 1.23 bits per heavy atom. The molecule has 2 aliphatic rings. The Hall–Kier alpha value is -2.63. The molecule has 0 bridgehead atoms. The van der Waals surface area contributed by atoms with E-state index in [0.29, 0.717) is 17.5 Å². The quantitative estimate of drug-likeness (QED) is 0.759. The van der Waals surface area contributed by atoms with Crippen molar-refractivity contribution in [1.82, 2.24) is 25.1 Å². The van der Waals surface area contributed by atoms with Crippen LogP contribution < -0.4 is 0 Å². The highest BCUT2D eigenvalue weighted by molar-refractivity contribution is 5.92. The summed E-state index contributed by atoms with van der Waals surface area (Å²) in [6.45, 7) is 1.60. The van der Waals surface area contributed by atoms with Crippen LogP contribution in [-0.4, -0.2) is 44.1 Å². The average molecular weight is 349 g/mol. The maximum absolute atomic E-state index is 12.8. The Bertz CT molecular complexity index is 905. The van der Waals surface area contributed by atoms with E-state index in [2.05, 4.69) is 26.2 Å². The Morgan fingerprint density at radius 2 is 2.12 bits per heavy atom. The van der Waals surface area contributed by atoms with Gasteiger partial charge in [-0.15, -0.1) is 0 Å².